The van der Waals surface area contributed by atoms with E-state index in [0.717, 1.165) is 27.4 Å². The lowest BCUT2D eigenvalue weighted by Gasteiger charge is -1.95. The third-order valence-corrected chi connectivity index (χ3v) is 2.82. The highest BCUT2D eigenvalue weighted by atomic mass is 32.1. The summed E-state index contributed by atoms with van der Waals surface area (Å²) in [5, 5.41) is 3.19. The largest absolute Gasteiger partial charge is 0.289 e. The SMILES string of the molecule is Cc1cc(=S)n2[nH]c(-c3ccccn3)cc2n1. The summed E-state index contributed by atoms with van der Waals surface area (Å²) in [6.45, 7) is 1.93. The van der Waals surface area contributed by atoms with Gasteiger partial charge in [-0.2, -0.15) is 0 Å². The summed E-state index contributed by atoms with van der Waals surface area (Å²) >= 11 is 5.28. The Morgan fingerprint density at radius 3 is 2.94 bits per heavy atom. The van der Waals surface area contributed by atoms with Crippen molar-refractivity contribution in [2.45, 2.75) is 6.92 Å². The summed E-state index contributed by atoms with van der Waals surface area (Å²) in [5.74, 6) is 0. The van der Waals surface area contributed by atoms with Crippen LogP contribution in [-0.2, 0) is 0 Å². The van der Waals surface area contributed by atoms with Crippen LogP contribution in [0.3, 0.4) is 0 Å². The van der Waals surface area contributed by atoms with Crippen molar-refractivity contribution in [2.24, 2.45) is 0 Å². The van der Waals surface area contributed by atoms with E-state index in [9.17, 15) is 0 Å². The third kappa shape index (κ3) is 1.74. The fourth-order valence-electron chi connectivity index (χ4n) is 1.76. The van der Waals surface area contributed by atoms with Crippen LogP contribution in [-0.4, -0.2) is 19.6 Å². The van der Waals surface area contributed by atoms with Crippen molar-refractivity contribution in [3.63, 3.8) is 0 Å². The Kier molecular flexibility index (Phi) is 2.26. The number of fused-ring (bicyclic) bond motifs is 1. The average molecular weight is 242 g/mol. The minimum Gasteiger partial charge on any atom is -0.289 e. The average Bonchev–Trinajstić information content (AvgIpc) is 2.74. The highest BCUT2D eigenvalue weighted by molar-refractivity contribution is 7.71. The molecule has 84 valence electrons. The lowest BCUT2D eigenvalue weighted by atomic mass is 10.3. The van der Waals surface area contributed by atoms with Crippen LogP contribution in [0.4, 0.5) is 0 Å². The van der Waals surface area contributed by atoms with E-state index in [4.69, 9.17) is 12.2 Å². The number of aromatic nitrogens is 4. The molecule has 0 spiro atoms. The van der Waals surface area contributed by atoms with Gasteiger partial charge in [0.05, 0.1) is 11.4 Å². The molecule has 3 aromatic heterocycles. The Balaban J connectivity index is 2.28. The molecule has 0 saturated carbocycles. The number of nitrogens with one attached hydrogen (secondary N) is 1. The van der Waals surface area contributed by atoms with Crippen LogP contribution in [0.2, 0.25) is 0 Å². The molecule has 5 heteroatoms. The Labute approximate surface area is 103 Å². The molecular formula is C12H10N4S. The quantitative estimate of drug-likeness (QED) is 0.667. The van der Waals surface area contributed by atoms with Crippen LogP contribution in [0.5, 0.6) is 0 Å². The normalized spacial score (nSPS) is 10.9. The second kappa shape index (κ2) is 3.78. The minimum atomic E-state index is 0.717. The predicted octanol–water partition coefficient (Wildman–Crippen LogP) is 2.76. The molecule has 1 N–H and O–H groups in total. The molecule has 0 radical (unpaired) electrons. The van der Waals surface area contributed by atoms with Crippen molar-refractivity contribution >= 4 is 17.9 Å². The van der Waals surface area contributed by atoms with E-state index >= 15 is 0 Å². The first kappa shape index (κ1) is 10.2. The Morgan fingerprint density at radius 2 is 2.18 bits per heavy atom. The molecule has 0 aliphatic carbocycles. The van der Waals surface area contributed by atoms with Gasteiger partial charge in [0.1, 0.15) is 4.64 Å². The number of hydrogen-bond donors (Lipinski definition) is 1. The summed E-state index contributed by atoms with van der Waals surface area (Å²) in [7, 11) is 0. The Bertz CT molecular complexity index is 727. The van der Waals surface area contributed by atoms with E-state index in [1.54, 1.807) is 10.7 Å². The molecule has 3 heterocycles. The number of pyridine rings is 1. The van der Waals surface area contributed by atoms with Crippen molar-refractivity contribution in [2.75, 3.05) is 0 Å². The highest BCUT2D eigenvalue weighted by Gasteiger charge is 2.05. The monoisotopic (exact) mass is 242 g/mol. The van der Waals surface area contributed by atoms with Crippen molar-refractivity contribution in [3.05, 3.63) is 46.9 Å². The molecule has 0 bridgehead atoms. The van der Waals surface area contributed by atoms with E-state index in [2.05, 4.69) is 15.1 Å². The molecule has 0 amide bonds. The fraction of sp³-hybridized carbons (Fsp3) is 0.0833. The fourth-order valence-corrected chi connectivity index (χ4v) is 2.07. The number of nitrogens with zero attached hydrogens (tertiary/aromatic N) is 3. The zero-order valence-electron chi connectivity index (χ0n) is 9.21. The van der Waals surface area contributed by atoms with Crippen molar-refractivity contribution in [1.29, 1.82) is 0 Å². The zero-order chi connectivity index (χ0) is 11.8. The van der Waals surface area contributed by atoms with Crippen LogP contribution >= 0.6 is 12.2 Å². The van der Waals surface area contributed by atoms with Crippen LogP contribution in [0, 0.1) is 11.6 Å². The second-order valence-corrected chi connectivity index (χ2v) is 4.23. The standard InChI is InChI=1S/C12H10N4S/c1-8-6-12(17)16-11(14-8)7-10(15-16)9-4-2-3-5-13-9/h2-7,15H,1H3. The first-order chi connectivity index (χ1) is 8.24. The van der Waals surface area contributed by atoms with Gasteiger partial charge in [-0.15, -0.1) is 0 Å². The van der Waals surface area contributed by atoms with Crippen molar-refractivity contribution in [3.8, 4) is 11.4 Å². The number of H-pyrrole nitrogens is 1. The van der Waals surface area contributed by atoms with Crippen molar-refractivity contribution < 1.29 is 0 Å². The van der Waals surface area contributed by atoms with Gasteiger partial charge in [-0.1, -0.05) is 18.3 Å². The Hall–Kier alpha value is -2.01. The zero-order valence-corrected chi connectivity index (χ0v) is 10.0. The van der Waals surface area contributed by atoms with Gasteiger partial charge in [0, 0.05) is 18.0 Å². The molecular weight excluding hydrogens is 232 g/mol. The van der Waals surface area contributed by atoms with Crippen molar-refractivity contribution in [1.82, 2.24) is 19.6 Å². The molecule has 0 saturated heterocycles. The number of hydrogen-bond acceptors (Lipinski definition) is 3. The van der Waals surface area contributed by atoms with Gasteiger partial charge < -0.3 is 0 Å². The third-order valence-electron chi connectivity index (χ3n) is 2.52. The molecule has 3 aromatic rings. The summed E-state index contributed by atoms with van der Waals surface area (Å²) in [6, 6.07) is 9.60. The van der Waals surface area contributed by atoms with E-state index < -0.39 is 0 Å². The summed E-state index contributed by atoms with van der Waals surface area (Å²) in [6.07, 6.45) is 1.76. The van der Waals surface area contributed by atoms with Crippen LogP contribution < -0.4 is 0 Å². The molecule has 17 heavy (non-hydrogen) atoms. The van der Waals surface area contributed by atoms with E-state index in [-0.39, 0.29) is 0 Å². The highest BCUT2D eigenvalue weighted by Crippen LogP contribution is 2.16. The van der Waals surface area contributed by atoms with Crippen LogP contribution in [0.15, 0.2) is 36.5 Å². The van der Waals surface area contributed by atoms with Gasteiger partial charge in [-0.25, -0.2) is 9.50 Å². The van der Waals surface area contributed by atoms with Gasteiger partial charge in [0.15, 0.2) is 5.65 Å². The lowest BCUT2D eigenvalue weighted by Crippen LogP contribution is -1.93. The van der Waals surface area contributed by atoms with E-state index in [0.29, 0.717) is 0 Å². The maximum Gasteiger partial charge on any atom is 0.155 e. The van der Waals surface area contributed by atoms with Gasteiger partial charge >= 0.3 is 0 Å². The van der Waals surface area contributed by atoms with E-state index in [1.165, 1.54) is 0 Å². The van der Waals surface area contributed by atoms with Crippen LogP contribution in [0.1, 0.15) is 5.69 Å². The predicted molar refractivity (Wildman–Crippen MR) is 68.3 cm³/mol. The van der Waals surface area contributed by atoms with Crippen LogP contribution in [0.25, 0.3) is 17.0 Å². The number of rotatable bonds is 1. The van der Waals surface area contributed by atoms with Gasteiger partial charge in [-0.3, -0.25) is 10.1 Å². The lowest BCUT2D eigenvalue weighted by molar-refractivity contribution is 0.916. The number of aryl methyl sites for hydroxylation is 1. The molecule has 3 rings (SSSR count). The molecule has 0 fully saturated rings. The minimum absolute atomic E-state index is 0.717. The summed E-state index contributed by atoms with van der Waals surface area (Å²) < 4.78 is 2.50. The van der Waals surface area contributed by atoms with Gasteiger partial charge in [-0.05, 0) is 25.1 Å². The first-order valence-corrected chi connectivity index (χ1v) is 5.66. The second-order valence-electron chi connectivity index (χ2n) is 3.81. The number of aromatic amines is 1. The topological polar surface area (TPSA) is 46.0 Å². The van der Waals surface area contributed by atoms with Gasteiger partial charge in [0.2, 0.25) is 0 Å². The molecule has 0 aromatic carbocycles. The molecule has 4 nitrogen and oxygen atoms in total. The molecule has 0 aliphatic heterocycles. The Morgan fingerprint density at radius 1 is 1.29 bits per heavy atom. The maximum absolute atomic E-state index is 5.28. The summed E-state index contributed by atoms with van der Waals surface area (Å²) in [4.78, 5) is 8.71. The summed E-state index contributed by atoms with van der Waals surface area (Å²) in [5.41, 5.74) is 3.53. The molecule has 0 unspecified atom stereocenters. The first-order valence-electron chi connectivity index (χ1n) is 5.25. The maximum atomic E-state index is 5.28. The molecule has 0 atom stereocenters. The van der Waals surface area contributed by atoms with E-state index in [1.807, 2.05) is 37.3 Å². The smallest absolute Gasteiger partial charge is 0.155 e. The van der Waals surface area contributed by atoms with Gasteiger partial charge in [0.25, 0.3) is 0 Å². The molecule has 0 aliphatic rings.